The summed E-state index contributed by atoms with van der Waals surface area (Å²) in [5.74, 6) is 0. The van der Waals surface area contributed by atoms with E-state index in [1.165, 1.54) is 17.6 Å². The third-order valence-corrected chi connectivity index (χ3v) is 0. The standard InChI is InChI=1S/4CO.CH3.ClH.Os/c4*1-2;;;/h;;;;1H3;1H;/q;;;;-1;;+1/p-1. The van der Waals surface area contributed by atoms with Crippen LogP contribution in [0.5, 0.6) is 0 Å². The Labute approximate surface area is 80.1 Å². The molecule has 0 saturated carbocycles. The molecule has 0 fully saturated rings. The second kappa shape index (κ2) is 60500. The van der Waals surface area contributed by atoms with Crippen LogP contribution in [-0.4, -0.2) is 0 Å². The van der Waals surface area contributed by atoms with Crippen molar-refractivity contribution >= 4 is 9.64 Å². The summed E-state index contributed by atoms with van der Waals surface area (Å²) < 4.78 is 30.0. The normalized spacial score (nSPS) is 1.27. The van der Waals surface area contributed by atoms with E-state index in [1.54, 1.807) is 0 Å². The maximum atomic E-state index is 7.50. The van der Waals surface area contributed by atoms with Gasteiger partial charge in [-0.2, -0.15) is 0 Å². The molecule has 6 heteroatoms. The summed E-state index contributed by atoms with van der Waals surface area (Å²) in [6.07, 6.45) is 0. The first-order chi connectivity index (χ1) is 5.00. The monoisotopic (exact) mass is 354 g/mol. The van der Waals surface area contributed by atoms with Crippen molar-refractivity contribution in [3.05, 3.63) is 34.0 Å². The van der Waals surface area contributed by atoms with E-state index < -0.39 is 0 Å². The number of rotatable bonds is 0. The van der Waals surface area contributed by atoms with E-state index in [1.807, 2.05) is 0 Å². The van der Waals surface area contributed by atoms with Crippen LogP contribution in [-0.2, 0) is 36.2 Å². The third-order valence-electron chi connectivity index (χ3n) is 0. The van der Waals surface area contributed by atoms with Gasteiger partial charge in [0.25, 0.3) is 0 Å². The summed E-state index contributed by atoms with van der Waals surface area (Å²) in [6, 6.07) is 0. The Morgan fingerprint density at radius 2 is 0.636 bits per heavy atom. The van der Waals surface area contributed by atoms with Gasteiger partial charge in [0.05, 0.1) is 0 Å². The molecule has 11 heavy (non-hydrogen) atoms. The van der Waals surface area contributed by atoms with Crippen LogP contribution in [0.2, 0.25) is 0 Å². The van der Waals surface area contributed by atoms with Gasteiger partial charge < -0.3 is 7.43 Å². The summed E-state index contributed by atoms with van der Waals surface area (Å²) in [4.78, 5) is 0. The molecule has 0 heterocycles. The predicted molar refractivity (Wildman–Crippen MR) is 28.0 cm³/mol. The molecule has 0 amide bonds. The number of hydrogen-bond acceptors (Lipinski definition) is 0. The summed E-state index contributed by atoms with van der Waals surface area (Å²) in [5.41, 5.74) is 0. The SMILES string of the molecule is [C-]#[O+].[C-]#[O+].[C-]#[O+].[C-]#[O+].[CH3-].[Cl][Os]. The molecule has 0 aliphatic carbocycles. The van der Waals surface area contributed by atoms with Crippen molar-refractivity contribution in [3.63, 3.8) is 0 Å². The van der Waals surface area contributed by atoms with Crippen molar-refractivity contribution < 1.29 is 36.2 Å². The molecular weight excluding hydrogens is 350 g/mol. The Morgan fingerprint density at radius 3 is 0.636 bits per heavy atom. The van der Waals surface area contributed by atoms with Crippen LogP contribution in [0.15, 0.2) is 0 Å². The molecule has 63 valence electrons. The van der Waals surface area contributed by atoms with Crippen LogP contribution >= 0.6 is 9.64 Å². The van der Waals surface area contributed by atoms with Gasteiger partial charge in [-0.3, -0.25) is 0 Å². The van der Waals surface area contributed by atoms with Gasteiger partial charge in [0.15, 0.2) is 0 Å². The Balaban J connectivity index is -0.00000000694. The molecule has 0 aromatic rings. The number of hydrogen-bond donors (Lipinski definition) is 0. The number of halogens is 1. The van der Waals surface area contributed by atoms with Crippen LogP contribution in [0.25, 0.3) is 0 Å². The van der Waals surface area contributed by atoms with E-state index in [9.17, 15) is 0 Å². The molecule has 0 aliphatic rings. The van der Waals surface area contributed by atoms with Crippen molar-refractivity contribution in [2.75, 3.05) is 0 Å². The second-order valence-electron chi connectivity index (χ2n) is 0. The van der Waals surface area contributed by atoms with Crippen molar-refractivity contribution in [2.24, 2.45) is 0 Å². The first kappa shape index (κ1) is 44.6. The minimum atomic E-state index is 0. The Hall–Kier alpha value is -0.114. The van der Waals surface area contributed by atoms with Gasteiger partial charge in [-0.1, -0.05) is 0 Å². The van der Waals surface area contributed by atoms with Gasteiger partial charge in [0, 0.05) is 0 Å². The van der Waals surface area contributed by atoms with E-state index >= 15 is 0 Å². The fourth-order valence-corrected chi connectivity index (χ4v) is 0. The first-order valence-corrected chi connectivity index (χ1v) is 4.10. The Morgan fingerprint density at radius 1 is 0.636 bits per heavy atom. The summed E-state index contributed by atoms with van der Waals surface area (Å²) in [5, 5.41) is 0. The third kappa shape index (κ3) is 47600. The molecule has 0 aromatic heterocycles. The molecule has 0 saturated heterocycles. The second-order valence-corrected chi connectivity index (χ2v) is 0. The molecule has 0 spiro atoms. The van der Waals surface area contributed by atoms with Crippen molar-refractivity contribution in [1.82, 2.24) is 0 Å². The molecule has 0 N–H and O–H groups in total. The van der Waals surface area contributed by atoms with Crippen molar-refractivity contribution in [3.8, 4) is 0 Å². The summed E-state index contributed by atoms with van der Waals surface area (Å²) in [6.45, 7) is 18.0. The topological polar surface area (TPSA) is 79.6 Å². The van der Waals surface area contributed by atoms with E-state index in [-0.39, 0.29) is 7.43 Å². The Bertz CT molecular complexity index is 61.5. The van der Waals surface area contributed by atoms with E-state index in [0.717, 1.165) is 0 Å². The van der Waals surface area contributed by atoms with Crippen molar-refractivity contribution in [2.45, 2.75) is 0 Å². The molecule has 0 aromatic carbocycles. The zero-order valence-corrected chi connectivity index (χ0v) is 8.66. The van der Waals surface area contributed by atoms with Gasteiger partial charge in [-0.25, -0.2) is 0 Å². The maximum absolute atomic E-state index is 7.50. The molecular formula is C5H3ClO4Os-. The van der Waals surface area contributed by atoms with Gasteiger partial charge >= 0.3 is 72.4 Å². The van der Waals surface area contributed by atoms with Crippen LogP contribution in [0, 0.1) is 34.0 Å². The molecule has 0 atom stereocenters. The Kier molecular flexibility index (Phi) is 245000. The molecule has 0 bridgehead atoms. The molecule has 4 nitrogen and oxygen atoms in total. The van der Waals surface area contributed by atoms with Gasteiger partial charge in [-0.05, 0) is 0 Å². The average molecular weight is 353 g/mol. The van der Waals surface area contributed by atoms with E-state index in [0.29, 0.717) is 0 Å². The van der Waals surface area contributed by atoms with Gasteiger partial charge in [-0.15, -0.1) is 0 Å². The first-order valence-electron chi connectivity index (χ1n) is 0.950. The average Bonchev–Trinajstić information content (AvgIpc) is 2.20. The zero-order valence-electron chi connectivity index (χ0n) is 5.36. The van der Waals surface area contributed by atoms with E-state index in [2.05, 4.69) is 36.2 Å². The van der Waals surface area contributed by atoms with Crippen LogP contribution < -0.4 is 0 Å². The predicted octanol–water partition coefficient (Wildman–Crippen LogP) is 0.987. The fraction of sp³-hybridized carbons (Fsp3) is 0. The zero-order chi connectivity index (χ0) is 10.0. The van der Waals surface area contributed by atoms with Crippen LogP contribution in [0.4, 0.5) is 0 Å². The molecule has 0 unspecified atom stereocenters. The van der Waals surface area contributed by atoms with E-state index in [4.69, 9.17) is 18.6 Å². The minimum absolute atomic E-state index is 0. The van der Waals surface area contributed by atoms with Gasteiger partial charge in [0.2, 0.25) is 0 Å². The van der Waals surface area contributed by atoms with Crippen LogP contribution in [0.3, 0.4) is 0 Å². The summed E-state index contributed by atoms with van der Waals surface area (Å²) >= 11 is 1.33. The van der Waals surface area contributed by atoms with Gasteiger partial charge in [0.1, 0.15) is 0 Å². The molecule has 0 radical (unpaired) electrons. The van der Waals surface area contributed by atoms with Crippen LogP contribution in [0.1, 0.15) is 0 Å². The molecule has 0 rings (SSSR count). The quantitative estimate of drug-likeness (QED) is 0.460. The molecule has 0 aliphatic heterocycles. The summed E-state index contributed by atoms with van der Waals surface area (Å²) in [7, 11) is 4.67. The fourth-order valence-electron chi connectivity index (χ4n) is 0. The van der Waals surface area contributed by atoms with Crippen molar-refractivity contribution in [1.29, 1.82) is 0 Å².